The predicted octanol–water partition coefficient (Wildman–Crippen LogP) is 2.18. The number of aliphatic carboxylic acids is 1. The summed E-state index contributed by atoms with van der Waals surface area (Å²) in [6, 6.07) is 5.58. The molecule has 2 amide bonds. The fourth-order valence-electron chi connectivity index (χ4n) is 1.86. The van der Waals surface area contributed by atoms with Crippen LogP contribution in [-0.4, -0.2) is 34.8 Å². The number of rotatable bonds is 5. The third kappa shape index (κ3) is 3.20. The average Bonchev–Trinajstić information content (AvgIpc) is 2.44. The van der Waals surface area contributed by atoms with Gasteiger partial charge in [0.2, 0.25) is 0 Å². The van der Waals surface area contributed by atoms with E-state index in [9.17, 15) is 19.8 Å². The Balaban J connectivity index is 2.89. The third-order valence-corrected chi connectivity index (χ3v) is 3.50. The van der Waals surface area contributed by atoms with Gasteiger partial charge in [-0.25, -0.2) is 9.59 Å². The van der Waals surface area contributed by atoms with E-state index >= 15 is 0 Å². The Kier molecular flexibility index (Phi) is 4.96. The Bertz CT molecular complexity index is 480. The number of phenols is 1. The smallest absolute Gasteiger partial charge is 0.329 e. The summed E-state index contributed by atoms with van der Waals surface area (Å²) in [4.78, 5) is 24.8. The van der Waals surface area contributed by atoms with Gasteiger partial charge in [-0.1, -0.05) is 13.8 Å². The number of carbonyl (C=O) groups excluding carboxylic acids is 1. The van der Waals surface area contributed by atoms with Gasteiger partial charge in [0.25, 0.3) is 0 Å². The number of benzene rings is 1. The number of carboxylic acids is 1. The number of phenolic OH excluding ortho intramolecular Hbond substituents is 1. The monoisotopic (exact) mass is 280 g/mol. The van der Waals surface area contributed by atoms with Crippen molar-refractivity contribution in [2.24, 2.45) is 0 Å². The van der Waals surface area contributed by atoms with Gasteiger partial charge in [0.15, 0.2) is 0 Å². The zero-order chi connectivity index (χ0) is 15.3. The van der Waals surface area contributed by atoms with E-state index < -0.39 is 17.5 Å². The molecule has 0 spiro atoms. The molecule has 20 heavy (non-hydrogen) atoms. The molecule has 0 bridgehead atoms. The van der Waals surface area contributed by atoms with E-state index in [2.05, 4.69) is 5.32 Å². The average molecular weight is 280 g/mol. The molecule has 6 nitrogen and oxygen atoms in total. The molecule has 6 heteroatoms. The van der Waals surface area contributed by atoms with E-state index in [0.29, 0.717) is 18.5 Å². The Morgan fingerprint density at radius 2 is 1.70 bits per heavy atom. The van der Waals surface area contributed by atoms with Gasteiger partial charge in [-0.05, 0) is 37.1 Å². The molecular weight excluding hydrogens is 260 g/mol. The zero-order valence-corrected chi connectivity index (χ0v) is 11.9. The first kappa shape index (κ1) is 15.8. The lowest BCUT2D eigenvalue weighted by Crippen LogP contribution is -2.56. The summed E-state index contributed by atoms with van der Waals surface area (Å²) in [5.74, 6) is -0.945. The highest BCUT2D eigenvalue weighted by atomic mass is 16.4. The number of hydrogen-bond donors (Lipinski definition) is 3. The van der Waals surface area contributed by atoms with Crippen LogP contribution in [-0.2, 0) is 4.79 Å². The zero-order valence-electron chi connectivity index (χ0n) is 11.9. The molecule has 0 aromatic heterocycles. The third-order valence-electron chi connectivity index (χ3n) is 3.50. The van der Waals surface area contributed by atoms with Gasteiger partial charge in [0.05, 0.1) is 0 Å². The Morgan fingerprint density at radius 1 is 1.20 bits per heavy atom. The Hall–Kier alpha value is -2.24. The van der Waals surface area contributed by atoms with Crippen molar-refractivity contribution in [1.29, 1.82) is 0 Å². The van der Waals surface area contributed by atoms with Crippen molar-refractivity contribution in [2.45, 2.75) is 32.2 Å². The summed E-state index contributed by atoms with van der Waals surface area (Å²) >= 11 is 0. The van der Waals surface area contributed by atoms with Crippen molar-refractivity contribution in [3.8, 4) is 5.75 Å². The quantitative estimate of drug-likeness (QED) is 0.771. The maximum Gasteiger partial charge on any atom is 0.329 e. The van der Waals surface area contributed by atoms with Crippen LogP contribution < -0.4 is 10.2 Å². The molecule has 0 unspecified atom stereocenters. The maximum absolute atomic E-state index is 12.2. The molecule has 1 aromatic carbocycles. The van der Waals surface area contributed by atoms with Crippen molar-refractivity contribution < 1.29 is 19.8 Å². The van der Waals surface area contributed by atoms with Crippen LogP contribution >= 0.6 is 0 Å². The van der Waals surface area contributed by atoms with Crippen LogP contribution in [0.5, 0.6) is 5.75 Å². The predicted molar refractivity (Wildman–Crippen MR) is 76.0 cm³/mol. The lowest BCUT2D eigenvalue weighted by Gasteiger charge is -2.30. The fraction of sp³-hybridized carbons (Fsp3) is 0.429. The molecule has 0 radical (unpaired) electrons. The molecule has 1 rings (SSSR count). The van der Waals surface area contributed by atoms with Crippen molar-refractivity contribution >= 4 is 17.7 Å². The summed E-state index contributed by atoms with van der Waals surface area (Å²) in [7, 11) is 1.54. The summed E-state index contributed by atoms with van der Waals surface area (Å²) in [5.41, 5.74) is -0.700. The van der Waals surface area contributed by atoms with Crippen LogP contribution in [0.15, 0.2) is 24.3 Å². The first-order valence-electron chi connectivity index (χ1n) is 6.44. The highest BCUT2D eigenvalue weighted by Crippen LogP contribution is 2.20. The molecule has 0 saturated carbocycles. The number of urea groups is 1. The van der Waals surface area contributed by atoms with E-state index in [1.807, 2.05) is 0 Å². The lowest BCUT2D eigenvalue weighted by molar-refractivity contribution is -0.144. The van der Waals surface area contributed by atoms with Gasteiger partial charge in [-0.3, -0.25) is 4.90 Å². The Morgan fingerprint density at radius 3 is 2.10 bits per heavy atom. The molecule has 0 heterocycles. The highest BCUT2D eigenvalue weighted by Gasteiger charge is 2.37. The molecule has 0 aliphatic heterocycles. The van der Waals surface area contributed by atoms with E-state index in [1.54, 1.807) is 33.0 Å². The van der Waals surface area contributed by atoms with Crippen LogP contribution in [0.1, 0.15) is 26.7 Å². The molecule has 3 N–H and O–H groups in total. The van der Waals surface area contributed by atoms with Crippen molar-refractivity contribution in [3.63, 3.8) is 0 Å². The van der Waals surface area contributed by atoms with Crippen LogP contribution in [0.25, 0.3) is 0 Å². The molecule has 0 saturated heterocycles. The molecule has 0 fully saturated rings. The van der Waals surface area contributed by atoms with E-state index in [1.165, 1.54) is 17.0 Å². The Labute approximate surface area is 118 Å². The largest absolute Gasteiger partial charge is 0.508 e. The molecule has 0 aliphatic rings. The van der Waals surface area contributed by atoms with Gasteiger partial charge in [-0.15, -0.1) is 0 Å². The summed E-state index contributed by atoms with van der Waals surface area (Å²) in [6.07, 6.45) is 0.599. The van der Waals surface area contributed by atoms with Gasteiger partial charge >= 0.3 is 12.0 Å². The van der Waals surface area contributed by atoms with Crippen LogP contribution in [0.2, 0.25) is 0 Å². The minimum absolute atomic E-state index is 0.101. The number of anilines is 1. The molecule has 110 valence electrons. The number of amides is 2. The maximum atomic E-state index is 12.2. The summed E-state index contributed by atoms with van der Waals surface area (Å²) in [6.45, 7) is 3.44. The first-order chi connectivity index (χ1) is 9.36. The van der Waals surface area contributed by atoms with Gasteiger partial charge < -0.3 is 15.5 Å². The number of nitrogens with zero attached hydrogens (tertiary/aromatic N) is 1. The fourth-order valence-corrected chi connectivity index (χ4v) is 1.86. The van der Waals surface area contributed by atoms with Gasteiger partial charge in [0, 0.05) is 12.7 Å². The second-order valence-electron chi connectivity index (χ2n) is 4.60. The second kappa shape index (κ2) is 6.27. The van der Waals surface area contributed by atoms with Crippen molar-refractivity contribution in [3.05, 3.63) is 24.3 Å². The standard InChI is InChI=1S/C14H20N2O4/c1-4-14(5-2,12(18)19)15-13(20)16(3)10-6-8-11(17)9-7-10/h6-9,17H,4-5H2,1-3H3,(H,15,20)(H,18,19). The minimum Gasteiger partial charge on any atom is -0.508 e. The van der Waals surface area contributed by atoms with Crippen LogP contribution in [0.4, 0.5) is 10.5 Å². The van der Waals surface area contributed by atoms with Gasteiger partial charge in [-0.2, -0.15) is 0 Å². The number of aromatic hydroxyl groups is 1. The highest BCUT2D eigenvalue weighted by molar-refractivity contribution is 5.95. The number of nitrogens with one attached hydrogen (secondary N) is 1. The van der Waals surface area contributed by atoms with Crippen LogP contribution in [0.3, 0.4) is 0 Å². The van der Waals surface area contributed by atoms with Gasteiger partial charge in [0.1, 0.15) is 11.3 Å². The minimum atomic E-state index is -1.26. The topological polar surface area (TPSA) is 89.9 Å². The first-order valence-corrected chi connectivity index (χ1v) is 6.44. The summed E-state index contributed by atoms with van der Waals surface area (Å²) < 4.78 is 0. The molecular formula is C14H20N2O4. The molecule has 0 atom stereocenters. The van der Waals surface area contributed by atoms with Crippen molar-refractivity contribution in [1.82, 2.24) is 5.32 Å². The van der Waals surface area contributed by atoms with E-state index in [0.717, 1.165) is 0 Å². The van der Waals surface area contributed by atoms with Crippen LogP contribution in [0, 0.1) is 0 Å². The van der Waals surface area contributed by atoms with E-state index in [4.69, 9.17) is 0 Å². The number of carbonyl (C=O) groups is 2. The lowest BCUT2D eigenvalue weighted by atomic mass is 9.93. The molecule has 1 aromatic rings. The number of carboxylic acid groups (broad SMARTS) is 1. The SMILES string of the molecule is CCC(CC)(NC(=O)N(C)c1ccc(O)cc1)C(=O)O. The second-order valence-corrected chi connectivity index (χ2v) is 4.60. The number of hydrogen-bond acceptors (Lipinski definition) is 3. The van der Waals surface area contributed by atoms with E-state index in [-0.39, 0.29) is 5.75 Å². The summed E-state index contributed by atoms with van der Waals surface area (Å²) in [5, 5.41) is 21.1. The molecule has 0 aliphatic carbocycles. The van der Waals surface area contributed by atoms with Crippen molar-refractivity contribution in [2.75, 3.05) is 11.9 Å². The normalized spacial score (nSPS) is 10.9.